The predicted molar refractivity (Wildman–Crippen MR) is 86.8 cm³/mol. The second-order valence-corrected chi connectivity index (χ2v) is 9.35. The second kappa shape index (κ2) is 4.60. The van der Waals surface area contributed by atoms with Crippen LogP contribution in [0.4, 0.5) is 0 Å². The van der Waals surface area contributed by atoms with Gasteiger partial charge in [-0.05, 0) is 78.9 Å². The number of aliphatic hydroxyl groups is 1. The molecule has 0 aromatic heterocycles. The highest BCUT2D eigenvalue weighted by atomic mass is 16.3. The molecular weight excluding hydrogens is 256 g/mol. The lowest BCUT2D eigenvalue weighted by atomic mass is 9.44. The number of aliphatic hydroxyl groups excluding tert-OH is 1. The van der Waals surface area contributed by atoms with Gasteiger partial charge in [-0.25, -0.2) is 0 Å². The molecule has 1 heteroatoms. The first-order chi connectivity index (χ1) is 9.94. The fourth-order valence-electron chi connectivity index (χ4n) is 6.98. The van der Waals surface area contributed by atoms with E-state index >= 15 is 0 Å². The van der Waals surface area contributed by atoms with Crippen LogP contribution in [0.1, 0.15) is 65.7 Å². The lowest BCUT2D eigenvalue weighted by Crippen LogP contribution is -2.57. The maximum atomic E-state index is 10.9. The summed E-state index contributed by atoms with van der Waals surface area (Å²) in [6, 6.07) is 0. The second-order valence-electron chi connectivity index (χ2n) is 9.35. The fraction of sp³-hybridized carbons (Fsp3) is 0.900. The monoisotopic (exact) mass is 288 g/mol. The first-order valence-electron chi connectivity index (χ1n) is 9.30. The maximum absolute atomic E-state index is 10.9. The third kappa shape index (κ3) is 1.92. The molecule has 1 nitrogen and oxygen atoms in total. The summed E-state index contributed by atoms with van der Waals surface area (Å²) in [5, 5.41) is 10.9. The third-order valence-corrected chi connectivity index (χ3v) is 8.27. The minimum absolute atomic E-state index is 0.0399. The van der Waals surface area contributed by atoms with Crippen molar-refractivity contribution in [2.75, 3.05) is 0 Å². The van der Waals surface area contributed by atoms with Crippen LogP contribution in [-0.4, -0.2) is 11.2 Å². The average molecular weight is 288 g/mol. The molecule has 0 radical (unpaired) electrons. The Morgan fingerprint density at radius 3 is 2.62 bits per heavy atom. The van der Waals surface area contributed by atoms with Crippen LogP contribution in [0, 0.1) is 40.4 Å². The largest absolute Gasteiger partial charge is 0.393 e. The van der Waals surface area contributed by atoms with Gasteiger partial charge < -0.3 is 5.11 Å². The van der Waals surface area contributed by atoms with Gasteiger partial charge >= 0.3 is 0 Å². The van der Waals surface area contributed by atoms with Crippen molar-refractivity contribution in [1.82, 2.24) is 0 Å². The van der Waals surface area contributed by atoms with Crippen molar-refractivity contribution in [2.24, 2.45) is 40.4 Å². The van der Waals surface area contributed by atoms with E-state index in [1.165, 1.54) is 38.5 Å². The van der Waals surface area contributed by atoms with Crippen molar-refractivity contribution in [3.05, 3.63) is 12.2 Å². The van der Waals surface area contributed by atoms with E-state index in [9.17, 15) is 5.11 Å². The fourth-order valence-corrected chi connectivity index (χ4v) is 6.98. The van der Waals surface area contributed by atoms with E-state index in [0.717, 1.165) is 30.1 Å². The zero-order valence-corrected chi connectivity index (χ0v) is 14.0. The van der Waals surface area contributed by atoms with Crippen molar-refractivity contribution < 1.29 is 5.11 Å². The van der Waals surface area contributed by atoms with Gasteiger partial charge in [0.15, 0.2) is 0 Å². The van der Waals surface area contributed by atoms with Gasteiger partial charge in [-0.3, -0.25) is 0 Å². The van der Waals surface area contributed by atoms with Gasteiger partial charge in [-0.1, -0.05) is 39.3 Å². The lowest BCUT2D eigenvalue weighted by Gasteiger charge is -2.61. The molecule has 0 heterocycles. The van der Waals surface area contributed by atoms with Gasteiger partial charge in [0, 0.05) is 0 Å². The van der Waals surface area contributed by atoms with E-state index in [2.05, 4.69) is 32.9 Å². The van der Waals surface area contributed by atoms with E-state index in [1.807, 2.05) is 0 Å². The molecule has 1 N–H and O–H groups in total. The summed E-state index contributed by atoms with van der Waals surface area (Å²) in [7, 11) is 0. The molecule has 0 amide bonds. The summed E-state index contributed by atoms with van der Waals surface area (Å²) >= 11 is 0. The summed E-state index contributed by atoms with van der Waals surface area (Å²) in [5.41, 5.74) is 0.852. The molecule has 0 aromatic rings. The van der Waals surface area contributed by atoms with E-state index in [0.29, 0.717) is 16.7 Å². The molecule has 4 rings (SSSR count). The maximum Gasteiger partial charge on any atom is 0.0576 e. The summed E-state index contributed by atoms with van der Waals surface area (Å²) in [4.78, 5) is 0. The highest BCUT2D eigenvalue weighted by Gasteiger charge is 2.59. The molecule has 8 atom stereocenters. The first kappa shape index (κ1) is 14.3. The molecule has 4 aliphatic carbocycles. The Labute approximate surface area is 130 Å². The molecular formula is C20H32O. The van der Waals surface area contributed by atoms with E-state index < -0.39 is 0 Å². The van der Waals surface area contributed by atoms with Crippen LogP contribution < -0.4 is 0 Å². The van der Waals surface area contributed by atoms with Crippen LogP contribution in [0.3, 0.4) is 0 Å². The minimum atomic E-state index is -0.0399. The van der Waals surface area contributed by atoms with Gasteiger partial charge in [-0.2, -0.15) is 0 Å². The molecule has 0 bridgehead atoms. The van der Waals surface area contributed by atoms with Gasteiger partial charge in [0.05, 0.1) is 6.10 Å². The zero-order chi connectivity index (χ0) is 14.8. The SMILES string of the molecule is CC1CC[C@@]2(C)C(C1)C(O)CC1C2CC[C@]2(C)C=CCC12. The molecule has 0 saturated heterocycles. The number of rotatable bonds is 0. The van der Waals surface area contributed by atoms with Gasteiger partial charge in [-0.15, -0.1) is 0 Å². The number of hydrogen-bond donors (Lipinski definition) is 1. The highest BCUT2D eigenvalue weighted by molar-refractivity contribution is 5.17. The number of fused-ring (bicyclic) bond motifs is 5. The van der Waals surface area contributed by atoms with Crippen molar-refractivity contribution in [3.8, 4) is 0 Å². The van der Waals surface area contributed by atoms with Crippen LogP contribution in [-0.2, 0) is 0 Å². The molecule has 0 aliphatic heterocycles. The highest BCUT2D eigenvalue weighted by Crippen LogP contribution is 2.65. The van der Waals surface area contributed by atoms with Crippen LogP contribution in [0.25, 0.3) is 0 Å². The van der Waals surface area contributed by atoms with Crippen LogP contribution in [0.5, 0.6) is 0 Å². The van der Waals surface area contributed by atoms with Gasteiger partial charge in [0.2, 0.25) is 0 Å². The van der Waals surface area contributed by atoms with Crippen molar-refractivity contribution in [2.45, 2.75) is 71.8 Å². The van der Waals surface area contributed by atoms with Crippen LogP contribution in [0.15, 0.2) is 12.2 Å². The van der Waals surface area contributed by atoms with Crippen LogP contribution >= 0.6 is 0 Å². The van der Waals surface area contributed by atoms with Crippen molar-refractivity contribution in [3.63, 3.8) is 0 Å². The Morgan fingerprint density at radius 1 is 1.00 bits per heavy atom. The molecule has 118 valence electrons. The molecule has 0 aromatic carbocycles. The Bertz CT molecular complexity index is 455. The Kier molecular flexibility index (Phi) is 3.13. The summed E-state index contributed by atoms with van der Waals surface area (Å²) in [6.45, 7) is 7.40. The van der Waals surface area contributed by atoms with E-state index in [-0.39, 0.29) is 6.10 Å². The van der Waals surface area contributed by atoms with Gasteiger partial charge in [0.1, 0.15) is 0 Å². The normalized spacial score (nSPS) is 59.2. The Balaban J connectivity index is 1.67. The Hall–Kier alpha value is -0.300. The molecule has 6 unspecified atom stereocenters. The quantitative estimate of drug-likeness (QED) is 0.635. The molecule has 3 fully saturated rings. The minimum Gasteiger partial charge on any atom is -0.393 e. The summed E-state index contributed by atoms with van der Waals surface area (Å²) < 4.78 is 0. The predicted octanol–water partition coefficient (Wildman–Crippen LogP) is 4.80. The van der Waals surface area contributed by atoms with Gasteiger partial charge in [0.25, 0.3) is 0 Å². The topological polar surface area (TPSA) is 20.2 Å². The summed E-state index contributed by atoms with van der Waals surface area (Å²) in [5.74, 6) is 3.83. The van der Waals surface area contributed by atoms with Crippen LogP contribution in [0.2, 0.25) is 0 Å². The molecule has 3 saturated carbocycles. The number of hydrogen-bond acceptors (Lipinski definition) is 1. The van der Waals surface area contributed by atoms with Crippen molar-refractivity contribution >= 4 is 0 Å². The molecule has 0 spiro atoms. The third-order valence-electron chi connectivity index (χ3n) is 8.27. The molecule has 21 heavy (non-hydrogen) atoms. The Morgan fingerprint density at radius 2 is 1.81 bits per heavy atom. The number of allylic oxidation sites excluding steroid dienone is 2. The summed E-state index contributed by atoms with van der Waals surface area (Å²) in [6.07, 6.45) is 14.0. The average Bonchev–Trinajstić information content (AvgIpc) is 2.83. The zero-order valence-electron chi connectivity index (χ0n) is 14.0. The van der Waals surface area contributed by atoms with Crippen molar-refractivity contribution in [1.29, 1.82) is 0 Å². The first-order valence-corrected chi connectivity index (χ1v) is 9.30. The standard InChI is InChI=1S/C20H32O/c1-13-6-10-20(3)16-7-9-19(2)8-4-5-15(19)14(16)12-18(21)17(20)11-13/h4,8,13-18,21H,5-7,9-12H2,1-3H3/t13?,14?,15?,16?,17?,18?,19-,20+/m0/s1. The van der Waals surface area contributed by atoms with E-state index in [1.54, 1.807) is 0 Å². The smallest absolute Gasteiger partial charge is 0.0576 e. The lowest BCUT2D eigenvalue weighted by molar-refractivity contribution is -0.156. The van der Waals surface area contributed by atoms with E-state index in [4.69, 9.17) is 0 Å². The molecule has 4 aliphatic rings.